The van der Waals surface area contributed by atoms with E-state index >= 15 is 0 Å². The first-order chi connectivity index (χ1) is 10.1. The van der Waals surface area contributed by atoms with Gasteiger partial charge in [0.25, 0.3) is 5.91 Å². The summed E-state index contributed by atoms with van der Waals surface area (Å²) in [6, 6.07) is 5.32. The van der Waals surface area contributed by atoms with Gasteiger partial charge in [-0.25, -0.2) is 9.97 Å². The molecule has 7 heteroatoms. The number of carbonyl (C=O) groups excluding carboxylic acids is 1. The smallest absolute Gasteiger partial charge is 0.268 e. The maximum Gasteiger partial charge on any atom is 0.268 e. The van der Waals surface area contributed by atoms with Gasteiger partial charge in [-0.3, -0.25) is 4.79 Å². The van der Waals surface area contributed by atoms with Crippen LogP contribution >= 0.6 is 22.9 Å². The maximum absolute atomic E-state index is 12.4. The number of benzene rings is 1. The largest absolute Gasteiger partial charge is 0.396 e. The van der Waals surface area contributed by atoms with Crippen LogP contribution in [0.3, 0.4) is 0 Å². The number of rotatable bonds is 2. The van der Waals surface area contributed by atoms with Crippen LogP contribution in [0.25, 0.3) is 10.3 Å². The van der Waals surface area contributed by atoms with Crippen molar-refractivity contribution in [3.63, 3.8) is 0 Å². The predicted octanol–water partition coefficient (Wildman–Crippen LogP) is 3.49. The van der Waals surface area contributed by atoms with E-state index in [0.29, 0.717) is 31.6 Å². The van der Waals surface area contributed by atoms with E-state index in [2.05, 4.69) is 15.3 Å². The van der Waals surface area contributed by atoms with Gasteiger partial charge in [-0.05, 0) is 24.6 Å². The van der Waals surface area contributed by atoms with Gasteiger partial charge in [-0.15, -0.1) is 11.3 Å². The summed E-state index contributed by atoms with van der Waals surface area (Å²) in [5.74, 6) is -0.289. The standard InChI is InChI=1S/C14H11ClN4OS/c1-7-2-3-8(15)6-9(7)19-13(20)12-10(16)11-14(21-12)18-5-4-17-11/h2-6H,16H2,1H3,(H,19,20). The molecule has 0 bridgehead atoms. The molecule has 0 spiro atoms. The van der Waals surface area contributed by atoms with Crippen LogP contribution in [0, 0.1) is 6.92 Å². The zero-order valence-electron chi connectivity index (χ0n) is 11.1. The van der Waals surface area contributed by atoms with E-state index in [1.54, 1.807) is 24.5 Å². The van der Waals surface area contributed by atoms with Crippen molar-refractivity contribution < 1.29 is 4.79 Å². The van der Waals surface area contributed by atoms with Gasteiger partial charge in [0.15, 0.2) is 0 Å². The SMILES string of the molecule is Cc1ccc(Cl)cc1NC(=O)c1sc2nccnc2c1N. The highest BCUT2D eigenvalue weighted by molar-refractivity contribution is 7.21. The zero-order chi connectivity index (χ0) is 15.0. The van der Waals surface area contributed by atoms with Crippen LogP contribution in [0.2, 0.25) is 5.02 Å². The van der Waals surface area contributed by atoms with Gasteiger partial charge in [0.1, 0.15) is 15.2 Å². The number of hydrogen-bond acceptors (Lipinski definition) is 5. The fourth-order valence-electron chi connectivity index (χ4n) is 1.92. The van der Waals surface area contributed by atoms with E-state index in [-0.39, 0.29) is 5.91 Å². The van der Waals surface area contributed by atoms with Gasteiger partial charge in [0.05, 0.1) is 5.69 Å². The number of nitrogen functional groups attached to an aromatic ring is 1. The average Bonchev–Trinajstić information content (AvgIpc) is 2.81. The fraction of sp³-hybridized carbons (Fsp3) is 0.0714. The van der Waals surface area contributed by atoms with Crippen molar-refractivity contribution in [2.75, 3.05) is 11.1 Å². The molecule has 0 atom stereocenters. The minimum Gasteiger partial charge on any atom is -0.396 e. The molecular weight excluding hydrogens is 308 g/mol. The van der Waals surface area contributed by atoms with Crippen LogP contribution in [0.15, 0.2) is 30.6 Å². The van der Waals surface area contributed by atoms with Crippen molar-refractivity contribution in [3.8, 4) is 0 Å². The Balaban J connectivity index is 1.97. The number of anilines is 2. The molecule has 0 aliphatic heterocycles. The molecular formula is C14H11ClN4OS. The highest BCUT2D eigenvalue weighted by Crippen LogP contribution is 2.31. The highest BCUT2D eigenvalue weighted by Gasteiger charge is 2.18. The van der Waals surface area contributed by atoms with Crippen molar-refractivity contribution in [2.45, 2.75) is 6.92 Å². The summed E-state index contributed by atoms with van der Waals surface area (Å²) in [6.45, 7) is 1.89. The quantitative estimate of drug-likeness (QED) is 0.758. The van der Waals surface area contributed by atoms with Crippen LogP contribution < -0.4 is 11.1 Å². The lowest BCUT2D eigenvalue weighted by molar-refractivity contribution is 0.103. The Labute approximate surface area is 129 Å². The number of carbonyl (C=O) groups is 1. The monoisotopic (exact) mass is 318 g/mol. The molecule has 2 aromatic heterocycles. The van der Waals surface area contributed by atoms with Gasteiger partial charge in [0.2, 0.25) is 0 Å². The fourth-order valence-corrected chi connectivity index (χ4v) is 3.01. The van der Waals surface area contributed by atoms with E-state index in [4.69, 9.17) is 17.3 Å². The van der Waals surface area contributed by atoms with Gasteiger partial charge >= 0.3 is 0 Å². The minimum absolute atomic E-state index is 0.289. The first-order valence-electron chi connectivity index (χ1n) is 6.13. The van der Waals surface area contributed by atoms with E-state index in [0.717, 1.165) is 5.56 Å². The predicted molar refractivity (Wildman–Crippen MR) is 86.0 cm³/mol. The lowest BCUT2D eigenvalue weighted by Gasteiger charge is -2.08. The third-order valence-corrected chi connectivity index (χ3v) is 4.35. The number of aromatic nitrogens is 2. The lowest BCUT2D eigenvalue weighted by Crippen LogP contribution is -2.12. The topological polar surface area (TPSA) is 80.9 Å². The Bertz CT molecular complexity index is 846. The van der Waals surface area contributed by atoms with Crippen molar-refractivity contribution >= 4 is 50.6 Å². The summed E-state index contributed by atoms with van der Waals surface area (Å²) in [5.41, 5.74) is 8.46. The third kappa shape index (κ3) is 2.55. The second-order valence-corrected chi connectivity index (χ2v) is 5.90. The Morgan fingerprint density at radius 1 is 1.33 bits per heavy atom. The molecule has 106 valence electrons. The van der Waals surface area contributed by atoms with Gasteiger partial charge < -0.3 is 11.1 Å². The molecule has 0 saturated heterocycles. The van der Waals surface area contributed by atoms with Gasteiger partial charge in [-0.1, -0.05) is 17.7 Å². The molecule has 0 aliphatic rings. The van der Waals surface area contributed by atoms with Crippen LogP contribution in [-0.4, -0.2) is 15.9 Å². The second kappa shape index (κ2) is 5.31. The lowest BCUT2D eigenvalue weighted by atomic mass is 10.2. The average molecular weight is 319 g/mol. The molecule has 0 fully saturated rings. The van der Waals surface area contributed by atoms with E-state index in [9.17, 15) is 4.79 Å². The number of fused-ring (bicyclic) bond motifs is 1. The first-order valence-corrected chi connectivity index (χ1v) is 7.32. The number of thiophene rings is 1. The number of aryl methyl sites for hydroxylation is 1. The maximum atomic E-state index is 12.4. The van der Waals surface area contributed by atoms with E-state index in [1.165, 1.54) is 11.3 Å². The molecule has 1 amide bonds. The minimum atomic E-state index is -0.289. The number of amides is 1. The molecule has 3 N–H and O–H groups in total. The molecule has 3 rings (SSSR count). The Morgan fingerprint density at radius 3 is 2.86 bits per heavy atom. The van der Waals surface area contributed by atoms with Gasteiger partial charge in [0, 0.05) is 23.1 Å². The molecule has 21 heavy (non-hydrogen) atoms. The number of hydrogen-bond donors (Lipinski definition) is 2. The first kappa shape index (κ1) is 13.8. The Hall–Kier alpha value is -2.18. The summed E-state index contributed by atoms with van der Waals surface area (Å²) < 4.78 is 0. The molecule has 5 nitrogen and oxygen atoms in total. The molecule has 0 aliphatic carbocycles. The van der Waals surface area contributed by atoms with Crippen molar-refractivity contribution in [3.05, 3.63) is 46.1 Å². The molecule has 3 aromatic rings. The highest BCUT2D eigenvalue weighted by atomic mass is 35.5. The van der Waals surface area contributed by atoms with Crippen LogP contribution in [0.1, 0.15) is 15.2 Å². The van der Waals surface area contributed by atoms with Crippen LogP contribution in [0.5, 0.6) is 0 Å². The summed E-state index contributed by atoms with van der Waals surface area (Å²) in [4.78, 5) is 21.7. The van der Waals surface area contributed by atoms with Gasteiger partial charge in [-0.2, -0.15) is 0 Å². The summed E-state index contributed by atoms with van der Waals surface area (Å²) in [6.07, 6.45) is 3.12. The van der Waals surface area contributed by atoms with Crippen molar-refractivity contribution in [1.82, 2.24) is 9.97 Å². The van der Waals surface area contributed by atoms with Crippen molar-refractivity contribution in [1.29, 1.82) is 0 Å². The second-order valence-electron chi connectivity index (χ2n) is 4.47. The molecule has 2 heterocycles. The Morgan fingerprint density at radius 2 is 2.10 bits per heavy atom. The van der Waals surface area contributed by atoms with Crippen molar-refractivity contribution in [2.24, 2.45) is 0 Å². The molecule has 1 aromatic carbocycles. The summed E-state index contributed by atoms with van der Waals surface area (Å²) in [5, 5.41) is 3.38. The normalized spacial score (nSPS) is 10.8. The number of nitrogens with two attached hydrogens (primary N) is 1. The summed E-state index contributed by atoms with van der Waals surface area (Å²) >= 11 is 7.17. The van der Waals surface area contributed by atoms with Crippen LogP contribution in [-0.2, 0) is 0 Å². The summed E-state index contributed by atoms with van der Waals surface area (Å²) in [7, 11) is 0. The molecule has 0 saturated carbocycles. The van der Waals surface area contributed by atoms with Crippen LogP contribution in [0.4, 0.5) is 11.4 Å². The number of nitrogens with one attached hydrogen (secondary N) is 1. The molecule has 0 unspecified atom stereocenters. The number of nitrogens with zero attached hydrogens (tertiary/aromatic N) is 2. The van der Waals surface area contributed by atoms with E-state index in [1.807, 2.05) is 13.0 Å². The zero-order valence-corrected chi connectivity index (χ0v) is 12.6. The Kier molecular flexibility index (Phi) is 3.48. The third-order valence-electron chi connectivity index (χ3n) is 3.02. The molecule has 0 radical (unpaired) electrons. The number of halogens is 1. The van der Waals surface area contributed by atoms with E-state index < -0.39 is 0 Å².